The Morgan fingerprint density at radius 1 is 1.24 bits per heavy atom. The Hall–Kier alpha value is -0.940. The number of aromatic nitrogens is 1. The van der Waals surface area contributed by atoms with Gasteiger partial charge in [0.2, 0.25) is 0 Å². The lowest BCUT2D eigenvalue weighted by Gasteiger charge is -2.04. The summed E-state index contributed by atoms with van der Waals surface area (Å²) in [6.07, 6.45) is -4.53. The number of aromatic amines is 1. The number of benzene rings is 1. The zero-order valence-electron chi connectivity index (χ0n) is 9.20. The molecule has 0 aliphatic heterocycles. The number of H-pyrrole nitrogens is 1. The van der Waals surface area contributed by atoms with E-state index < -0.39 is 11.9 Å². The van der Waals surface area contributed by atoms with Gasteiger partial charge in [-0.3, -0.25) is 0 Å². The van der Waals surface area contributed by atoms with Crippen molar-refractivity contribution in [2.24, 2.45) is 0 Å². The number of halogens is 5. The second kappa shape index (κ2) is 4.38. The van der Waals surface area contributed by atoms with Gasteiger partial charge in [0, 0.05) is 15.2 Å². The molecule has 0 saturated heterocycles. The summed E-state index contributed by atoms with van der Waals surface area (Å²) < 4.78 is 45.4. The van der Waals surface area contributed by atoms with Gasteiger partial charge in [-0.15, -0.1) is 0 Å². The lowest BCUT2D eigenvalue weighted by molar-refractivity contribution is -0.141. The molecule has 1 aromatic carbocycles. The highest BCUT2D eigenvalue weighted by atomic mass is 79.9. The third-order valence-corrected chi connectivity index (χ3v) is 2.97. The zero-order valence-corrected chi connectivity index (χ0v) is 10.5. The van der Waals surface area contributed by atoms with Crippen molar-refractivity contribution in [1.82, 2.24) is 4.98 Å². The molecule has 0 saturated carbocycles. The van der Waals surface area contributed by atoms with Crippen molar-refractivity contribution >= 4 is 27.5 Å². The van der Waals surface area contributed by atoms with Crippen molar-refractivity contribution in [3.63, 3.8) is 0 Å². The summed E-state index contributed by atoms with van der Waals surface area (Å²) >= 11 is 8.49. The first-order valence-electron chi connectivity index (χ1n) is 5.02. The molecule has 0 radical (unpaired) electrons. The van der Waals surface area contributed by atoms with Gasteiger partial charge in [-0.05, 0) is 39.7 Å². The monoisotopic (exact) mass is 324 g/mol. The van der Waals surface area contributed by atoms with E-state index in [1.807, 2.05) is 0 Å². The maximum atomic E-state index is 12.7. The van der Waals surface area contributed by atoms with Gasteiger partial charge in [-0.2, -0.15) is 13.2 Å². The Bertz CT molecular complexity index is 577. The first-order valence-corrected chi connectivity index (χ1v) is 5.69. The Morgan fingerprint density at radius 2 is 1.82 bits per heavy atom. The van der Waals surface area contributed by atoms with Crippen LogP contribution in [0.4, 0.5) is 13.2 Å². The Labute approximate surface area is 110 Å². The number of rotatable bonds is 1. The Balaban J connectivity index is 2.56. The van der Waals surface area contributed by atoms with E-state index in [1.54, 1.807) is 24.3 Å². The van der Waals surface area contributed by atoms with Crippen LogP contribution in [0.3, 0.4) is 0 Å². The van der Waals surface area contributed by atoms with Crippen LogP contribution in [0.1, 0.15) is 7.06 Å². The summed E-state index contributed by atoms with van der Waals surface area (Å²) in [6.45, 7) is 0. The Kier molecular flexibility index (Phi) is 2.88. The van der Waals surface area contributed by atoms with Crippen LogP contribution in [-0.4, -0.2) is 4.98 Å². The van der Waals surface area contributed by atoms with E-state index in [0.717, 1.165) is 0 Å². The quantitative estimate of drug-likeness (QED) is 0.749. The standard InChI is InChI=1S/C11H6BrClF3N/c12-8-5-9(17-10(8)11(14,15)16)6-1-3-7(13)4-2-6/h1-5,17H/i5D. The van der Waals surface area contributed by atoms with Gasteiger partial charge in [0.25, 0.3) is 0 Å². The fourth-order valence-corrected chi connectivity index (χ4v) is 1.99. The minimum Gasteiger partial charge on any atom is -0.350 e. The molecule has 1 heterocycles. The van der Waals surface area contributed by atoms with E-state index in [9.17, 15) is 13.2 Å². The molecule has 0 aliphatic rings. The third kappa shape index (κ3) is 2.66. The van der Waals surface area contributed by atoms with E-state index in [-0.39, 0.29) is 16.2 Å². The second-order valence-corrected chi connectivity index (χ2v) is 4.55. The van der Waals surface area contributed by atoms with Crippen molar-refractivity contribution in [2.75, 3.05) is 0 Å². The summed E-state index contributed by atoms with van der Waals surface area (Å²) in [6, 6.07) is 5.98. The fourth-order valence-electron chi connectivity index (χ4n) is 1.34. The average Bonchev–Trinajstić information content (AvgIpc) is 2.57. The highest BCUT2D eigenvalue weighted by Crippen LogP contribution is 2.37. The largest absolute Gasteiger partial charge is 0.432 e. The molecule has 0 amide bonds. The molecular weight excluding hydrogens is 318 g/mol. The minimum atomic E-state index is -4.53. The lowest BCUT2D eigenvalue weighted by atomic mass is 10.2. The summed E-state index contributed by atoms with van der Waals surface area (Å²) in [4.78, 5) is 2.22. The second-order valence-electron chi connectivity index (χ2n) is 3.32. The first-order chi connectivity index (χ1) is 8.30. The van der Waals surface area contributed by atoms with Crippen LogP contribution >= 0.6 is 27.5 Å². The molecule has 17 heavy (non-hydrogen) atoms. The molecule has 0 fully saturated rings. The number of alkyl halides is 3. The highest BCUT2D eigenvalue weighted by Gasteiger charge is 2.35. The topological polar surface area (TPSA) is 15.8 Å². The summed E-state index contributed by atoms with van der Waals surface area (Å²) in [5, 5.41) is 0.479. The van der Waals surface area contributed by atoms with E-state index in [0.29, 0.717) is 10.6 Å². The fraction of sp³-hybridized carbons (Fsp3) is 0.0909. The molecule has 1 aromatic heterocycles. The average molecular weight is 326 g/mol. The van der Waals surface area contributed by atoms with E-state index >= 15 is 0 Å². The van der Waals surface area contributed by atoms with Crippen LogP contribution in [0.25, 0.3) is 11.3 Å². The van der Waals surface area contributed by atoms with Crippen LogP contribution < -0.4 is 0 Å². The van der Waals surface area contributed by atoms with Gasteiger partial charge < -0.3 is 4.98 Å². The maximum Gasteiger partial charge on any atom is 0.432 e. The van der Waals surface area contributed by atoms with Crippen LogP contribution in [0.15, 0.2) is 34.8 Å². The highest BCUT2D eigenvalue weighted by molar-refractivity contribution is 9.10. The van der Waals surface area contributed by atoms with Crippen molar-refractivity contribution in [2.45, 2.75) is 6.18 Å². The summed E-state index contributed by atoms with van der Waals surface area (Å²) in [5.74, 6) is 0. The summed E-state index contributed by atoms with van der Waals surface area (Å²) in [5.41, 5.74) is -0.385. The van der Waals surface area contributed by atoms with Gasteiger partial charge in [-0.1, -0.05) is 23.7 Å². The smallest absolute Gasteiger partial charge is 0.350 e. The molecule has 0 unspecified atom stereocenters. The van der Waals surface area contributed by atoms with Gasteiger partial charge in [0.15, 0.2) is 0 Å². The van der Waals surface area contributed by atoms with E-state index in [2.05, 4.69) is 20.9 Å². The molecule has 2 rings (SSSR count). The molecule has 0 bridgehead atoms. The van der Waals surface area contributed by atoms with Crippen LogP contribution in [0, 0.1) is 0 Å². The molecular formula is C11H6BrClF3N. The molecule has 6 heteroatoms. The summed E-state index contributed by atoms with van der Waals surface area (Å²) in [7, 11) is 0. The molecule has 0 spiro atoms. The number of hydrogen-bond acceptors (Lipinski definition) is 0. The zero-order chi connectivity index (χ0) is 13.5. The minimum absolute atomic E-state index is 0.103. The molecule has 2 aromatic rings. The van der Waals surface area contributed by atoms with Crippen LogP contribution in [-0.2, 0) is 6.18 Å². The van der Waals surface area contributed by atoms with Crippen molar-refractivity contribution in [3.05, 3.63) is 45.5 Å². The Morgan fingerprint density at radius 3 is 2.29 bits per heavy atom. The predicted molar refractivity (Wildman–Crippen MR) is 63.9 cm³/mol. The predicted octanol–water partition coefficient (Wildman–Crippen LogP) is 5.12. The lowest BCUT2D eigenvalue weighted by Crippen LogP contribution is -2.05. The van der Waals surface area contributed by atoms with Crippen LogP contribution in [0.2, 0.25) is 5.02 Å². The van der Waals surface area contributed by atoms with Crippen molar-refractivity contribution in [1.29, 1.82) is 0 Å². The number of hydrogen-bond donors (Lipinski definition) is 1. The van der Waals surface area contributed by atoms with Crippen molar-refractivity contribution in [3.8, 4) is 11.3 Å². The number of nitrogens with one attached hydrogen (secondary N) is 1. The normalized spacial score (nSPS) is 12.6. The molecule has 0 atom stereocenters. The molecule has 1 N–H and O–H groups in total. The van der Waals surface area contributed by atoms with Crippen molar-refractivity contribution < 1.29 is 14.5 Å². The first kappa shape index (κ1) is 11.2. The van der Waals surface area contributed by atoms with Gasteiger partial charge >= 0.3 is 6.18 Å². The SMILES string of the molecule is [2H]c1c(-c2ccc(Cl)cc2)[nH]c(C(F)(F)F)c1Br. The maximum absolute atomic E-state index is 12.7. The van der Waals surface area contributed by atoms with E-state index in [1.165, 1.54) is 0 Å². The van der Waals surface area contributed by atoms with Gasteiger partial charge in [0.1, 0.15) is 5.69 Å². The van der Waals surface area contributed by atoms with Gasteiger partial charge in [0.05, 0.1) is 1.37 Å². The van der Waals surface area contributed by atoms with Crippen LogP contribution in [0.5, 0.6) is 0 Å². The van der Waals surface area contributed by atoms with Gasteiger partial charge in [-0.25, -0.2) is 0 Å². The molecule has 90 valence electrons. The third-order valence-electron chi connectivity index (χ3n) is 2.12. The molecule has 1 nitrogen and oxygen atoms in total. The van der Waals surface area contributed by atoms with E-state index in [4.69, 9.17) is 13.0 Å². The molecule has 0 aliphatic carbocycles.